The van der Waals surface area contributed by atoms with E-state index >= 15 is 0 Å². The van der Waals surface area contributed by atoms with Gasteiger partial charge >= 0.3 is 0 Å². The number of benzene rings is 2. The maximum Gasteiger partial charge on any atom is 0.255 e. The Morgan fingerprint density at radius 3 is 2.33 bits per heavy atom. The lowest BCUT2D eigenvalue weighted by Gasteiger charge is -2.12. The van der Waals surface area contributed by atoms with Gasteiger partial charge in [0.1, 0.15) is 0 Å². The van der Waals surface area contributed by atoms with Crippen LogP contribution in [0.2, 0.25) is 0 Å². The third-order valence-corrected chi connectivity index (χ3v) is 5.23. The number of rotatable bonds is 8. The molecule has 0 atom stereocenters. The molecule has 7 heteroatoms. The van der Waals surface area contributed by atoms with E-state index in [0.717, 1.165) is 12.1 Å². The molecular formula is C20H27N3O3S. The van der Waals surface area contributed by atoms with Gasteiger partial charge in [-0.1, -0.05) is 26.0 Å². The SMILES string of the molecule is CC(C)CNS(=O)(=O)c1ccc(C(=O)Nc2cccc(CN(C)C)c2)cc1. The maximum absolute atomic E-state index is 12.4. The van der Waals surface area contributed by atoms with Gasteiger partial charge in [0.15, 0.2) is 0 Å². The smallest absolute Gasteiger partial charge is 0.255 e. The quantitative estimate of drug-likeness (QED) is 0.728. The van der Waals surface area contributed by atoms with Gasteiger partial charge in [-0.25, -0.2) is 13.1 Å². The van der Waals surface area contributed by atoms with Crippen LogP contribution in [0.3, 0.4) is 0 Å². The fraction of sp³-hybridized carbons (Fsp3) is 0.350. The molecular weight excluding hydrogens is 362 g/mol. The molecule has 0 heterocycles. The van der Waals surface area contributed by atoms with Gasteiger partial charge < -0.3 is 10.2 Å². The molecule has 0 aliphatic rings. The van der Waals surface area contributed by atoms with Crippen LogP contribution >= 0.6 is 0 Å². The second kappa shape index (κ2) is 9.12. The third kappa shape index (κ3) is 6.46. The molecule has 2 rings (SSSR count). The van der Waals surface area contributed by atoms with Crippen LogP contribution in [0, 0.1) is 5.92 Å². The lowest BCUT2D eigenvalue weighted by atomic mass is 10.1. The molecule has 0 spiro atoms. The van der Waals surface area contributed by atoms with Gasteiger partial charge in [-0.2, -0.15) is 0 Å². The summed E-state index contributed by atoms with van der Waals surface area (Å²) < 4.78 is 27.0. The summed E-state index contributed by atoms with van der Waals surface area (Å²) in [6, 6.07) is 13.6. The molecule has 0 saturated heterocycles. The highest BCUT2D eigenvalue weighted by atomic mass is 32.2. The zero-order chi connectivity index (χ0) is 20.0. The molecule has 0 fully saturated rings. The highest BCUT2D eigenvalue weighted by Gasteiger charge is 2.15. The van der Waals surface area contributed by atoms with Crippen molar-refractivity contribution in [2.24, 2.45) is 5.92 Å². The Balaban J connectivity index is 2.07. The average molecular weight is 390 g/mol. The van der Waals surface area contributed by atoms with E-state index < -0.39 is 10.0 Å². The monoisotopic (exact) mass is 389 g/mol. The van der Waals surface area contributed by atoms with Gasteiger partial charge in [-0.15, -0.1) is 0 Å². The molecule has 27 heavy (non-hydrogen) atoms. The topological polar surface area (TPSA) is 78.5 Å². The Kier molecular flexibility index (Phi) is 7.12. The molecule has 0 bridgehead atoms. The lowest BCUT2D eigenvalue weighted by molar-refractivity contribution is 0.102. The van der Waals surface area contributed by atoms with Crippen molar-refractivity contribution in [1.82, 2.24) is 9.62 Å². The lowest BCUT2D eigenvalue weighted by Crippen LogP contribution is -2.27. The molecule has 146 valence electrons. The average Bonchev–Trinajstić information content (AvgIpc) is 2.60. The minimum atomic E-state index is -3.56. The molecule has 2 aromatic rings. The molecule has 0 aromatic heterocycles. The summed E-state index contributed by atoms with van der Waals surface area (Å²) in [4.78, 5) is 14.6. The summed E-state index contributed by atoms with van der Waals surface area (Å²) >= 11 is 0. The maximum atomic E-state index is 12.4. The van der Waals surface area contributed by atoms with E-state index in [2.05, 4.69) is 10.0 Å². The Hall–Kier alpha value is -2.22. The summed E-state index contributed by atoms with van der Waals surface area (Å²) in [5.74, 6) is -0.0656. The first-order chi connectivity index (χ1) is 12.7. The number of hydrogen-bond donors (Lipinski definition) is 2. The first-order valence-electron chi connectivity index (χ1n) is 8.82. The van der Waals surface area contributed by atoms with Crippen molar-refractivity contribution in [1.29, 1.82) is 0 Å². The van der Waals surface area contributed by atoms with E-state index in [1.54, 1.807) is 0 Å². The van der Waals surface area contributed by atoms with Gasteiger partial charge in [-0.3, -0.25) is 4.79 Å². The fourth-order valence-electron chi connectivity index (χ4n) is 2.46. The third-order valence-electron chi connectivity index (χ3n) is 3.79. The molecule has 6 nitrogen and oxygen atoms in total. The van der Waals surface area contributed by atoms with Crippen LogP contribution in [-0.2, 0) is 16.6 Å². The van der Waals surface area contributed by atoms with E-state index in [1.165, 1.54) is 24.3 Å². The van der Waals surface area contributed by atoms with Crippen LogP contribution < -0.4 is 10.0 Å². The Bertz CT molecular complexity index is 876. The summed E-state index contributed by atoms with van der Waals surface area (Å²) in [5, 5.41) is 2.85. The number of carbonyl (C=O) groups is 1. The number of sulfonamides is 1. The van der Waals surface area contributed by atoms with Crippen molar-refractivity contribution in [3.63, 3.8) is 0 Å². The van der Waals surface area contributed by atoms with E-state index in [0.29, 0.717) is 17.8 Å². The minimum absolute atomic E-state index is 0.146. The first kappa shape index (κ1) is 21.1. The molecule has 2 N–H and O–H groups in total. The van der Waals surface area contributed by atoms with Gasteiger partial charge in [0.25, 0.3) is 5.91 Å². The van der Waals surface area contributed by atoms with E-state index in [9.17, 15) is 13.2 Å². The zero-order valence-electron chi connectivity index (χ0n) is 16.2. The number of anilines is 1. The molecule has 0 unspecified atom stereocenters. The van der Waals surface area contributed by atoms with Crippen molar-refractivity contribution in [2.45, 2.75) is 25.3 Å². The predicted molar refractivity (Wildman–Crippen MR) is 108 cm³/mol. The van der Waals surface area contributed by atoms with Crippen LogP contribution in [0.1, 0.15) is 29.8 Å². The molecule has 0 aliphatic carbocycles. The summed E-state index contributed by atoms with van der Waals surface area (Å²) in [7, 11) is 0.406. The van der Waals surface area contributed by atoms with Gasteiger partial charge in [0.05, 0.1) is 4.90 Å². The highest BCUT2D eigenvalue weighted by molar-refractivity contribution is 7.89. The minimum Gasteiger partial charge on any atom is -0.322 e. The molecule has 2 aromatic carbocycles. The summed E-state index contributed by atoms with van der Waals surface area (Å²) in [6.45, 7) is 5.01. The van der Waals surface area contributed by atoms with Crippen LogP contribution in [0.5, 0.6) is 0 Å². The first-order valence-corrected chi connectivity index (χ1v) is 10.3. The van der Waals surface area contributed by atoms with Gasteiger partial charge in [-0.05, 0) is 62.0 Å². The van der Waals surface area contributed by atoms with Crippen LogP contribution in [0.15, 0.2) is 53.4 Å². The molecule has 0 radical (unpaired) electrons. The second-order valence-electron chi connectivity index (χ2n) is 7.16. The highest BCUT2D eigenvalue weighted by Crippen LogP contribution is 2.15. The number of carbonyl (C=O) groups excluding carboxylic acids is 1. The Morgan fingerprint density at radius 2 is 1.74 bits per heavy atom. The van der Waals surface area contributed by atoms with E-state index in [4.69, 9.17) is 0 Å². The second-order valence-corrected chi connectivity index (χ2v) is 8.93. The van der Waals surface area contributed by atoms with Gasteiger partial charge in [0, 0.05) is 24.3 Å². The molecule has 0 saturated carbocycles. The molecule has 1 amide bonds. The van der Waals surface area contributed by atoms with Crippen molar-refractivity contribution < 1.29 is 13.2 Å². The van der Waals surface area contributed by atoms with Crippen molar-refractivity contribution in [2.75, 3.05) is 26.0 Å². The largest absolute Gasteiger partial charge is 0.322 e. The zero-order valence-corrected chi connectivity index (χ0v) is 17.0. The van der Waals surface area contributed by atoms with E-state index in [1.807, 2.05) is 57.1 Å². The van der Waals surface area contributed by atoms with Crippen molar-refractivity contribution in [3.05, 3.63) is 59.7 Å². The standard InChI is InChI=1S/C20H27N3O3S/c1-15(2)13-21-27(25,26)19-10-8-17(9-11-19)20(24)22-18-7-5-6-16(12-18)14-23(3)4/h5-12,15,21H,13-14H2,1-4H3,(H,22,24). The van der Waals surface area contributed by atoms with Crippen LogP contribution in [0.4, 0.5) is 5.69 Å². The van der Waals surface area contributed by atoms with Gasteiger partial charge in [0.2, 0.25) is 10.0 Å². The van der Waals surface area contributed by atoms with Crippen molar-refractivity contribution in [3.8, 4) is 0 Å². The summed E-state index contributed by atoms with van der Waals surface area (Å²) in [5.41, 5.74) is 2.20. The van der Waals surface area contributed by atoms with E-state index in [-0.39, 0.29) is 16.7 Å². The fourth-order valence-corrected chi connectivity index (χ4v) is 3.67. The number of amides is 1. The molecule has 0 aliphatic heterocycles. The Labute approximate surface area is 161 Å². The number of hydrogen-bond acceptors (Lipinski definition) is 4. The van der Waals surface area contributed by atoms with Crippen LogP contribution in [0.25, 0.3) is 0 Å². The predicted octanol–water partition coefficient (Wildman–Crippen LogP) is 2.93. The van der Waals surface area contributed by atoms with Crippen LogP contribution in [-0.4, -0.2) is 39.9 Å². The summed E-state index contributed by atoms with van der Waals surface area (Å²) in [6.07, 6.45) is 0. The number of nitrogens with zero attached hydrogens (tertiary/aromatic N) is 1. The Morgan fingerprint density at radius 1 is 1.07 bits per heavy atom. The number of nitrogens with one attached hydrogen (secondary N) is 2. The normalized spacial score (nSPS) is 11.8. The van der Waals surface area contributed by atoms with Crippen molar-refractivity contribution >= 4 is 21.6 Å².